The number of pyridine rings is 1. The van der Waals surface area contributed by atoms with Gasteiger partial charge in [-0.15, -0.1) is 0 Å². The van der Waals surface area contributed by atoms with E-state index in [1.54, 1.807) is 33.6 Å². The molecule has 1 saturated heterocycles. The fourth-order valence-corrected chi connectivity index (χ4v) is 4.17. The zero-order valence-corrected chi connectivity index (χ0v) is 19.1. The highest BCUT2D eigenvalue weighted by molar-refractivity contribution is 6.01. The Kier molecular flexibility index (Phi) is 5.85. The average molecular weight is 459 g/mol. The Morgan fingerprint density at radius 3 is 2.85 bits per heavy atom. The van der Waals surface area contributed by atoms with Gasteiger partial charge in [0.25, 0.3) is 11.8 Å². The first-order valence-electron chi connectivity index (χ1n) is 11.3. The number of benzene rings is 1. The van der Waals surface area contributed by atoms with Gasteiger partial charge in [-0.05, 0) is 50.1 Å². The molecule has 0 aliphatic carbocycles. The molecule has 3 aromatic heterocycles. The smallest absolute Gasteiger partial charge is 0.270 e. The van der Waals surface area contributed by atoms with Crippen molar-refractivity contribution in [1.29, 1.82) is 0 Å². The fraction of sp³-hybridized carbons (Fsp3) is 0.280. The molecule has 9 heteroatoms. The summed E-state index contributed by atoms with van der Waals surface area (Å²) in [6.07, 6.45) is 7.74. The number of carbonyl (C=O) groups is 2. The number of imidazole rings is 1. The number of nitrogens with one attached hydrogen (secondary N) is 2. The van der Waals surface area contributed by atoms with Crippen LogP contribution in [0.2, 0.25) is 0 Å². The summed E-state index contributed by atoms with van der Waals surface area (Å²) < 4.78 is 8.94. The van der Waals surface area contributed by atoms with E-state index in [9.17, 15) is 9.59 Å². The zero-order valence-electron chi connectivity index (χ0n) is 19.1. The van der Waals surface area contributed by atoms with Crippen LogP contribution < -0.4 is 10.6 Å². The minimum absolute atomic E-state index is 0.0267. The minimum atomic E-state index is -0.286. The van der Waals surface area contributed by atoms with Gasteiger partial charge in [0, 0.05) is 24.5 Å². The van der Waals surface area contributed by atoms with Crippen LogP contribution in [-0.4, -0.2) is 49.7 Å². The molecule has 1 aliphatic rings. The van der Waals surface area contributed by atoms with E-state index < -0.39 is 0 Å². The van der Waals surface area contributed by atoms with Gasteiger partial charge in [-0.25, -0.2) is 9.67 Å². The number of aryl methyl sites for hydroxylation is 1. The first kappa shape index (κ1) is 21.8. The summed E-state index contributed by atoms with van der Waals surface area (Å²) >= 11 is 0. The second kappa shape index (κ2) is 9.11. The number of aromatic nitrogens is 4. The Labute approximate surface area is 196 Å². The fourth-order valence-electron chi connectivity index (χ4n) is 4.17. The summed E-state index contributed by atoms with van der Waals surface area (Å²) in [5.41, 5.74) is 4.19. The van der Waals surface area contributed by atoms with E-state index in [0.717, 1.165) is 23.2 Å². The Hall–Kier alpha value is -3.98. The van der Waals surface area contributed by atoms with Crippen LogP contribution in [0.4, 0.5) is 0 Å². The molecular weight excluding hydrogens is 432 g/mol. The second-order valence-corrected chi connectivity index (χ2v) is 8.62. The van der Waals surface area contributed by atoms with Crippen LogP contribution in [0, 0.1) is 6.92 Å². The molecule has 0 saturated carbocycles. The molecule has 5 rings (SSSR count). The van der Waals surface area contributed by atoms with Crippen LogP contribution in [-0.2, 0) is 11.3 Å². The minimum Gasteiger partial charge on any atom is -0.376 e. The predicted octanol–water partition coefficient (Wildman–Crippen LogP) is 2.67. The summed E-state index contributed by atoms with van der Waals surface area (Å²) in [5.74, 6) is -0.513. The highest BCUT2D eigenvalue weighted by Crippen LogP contribution is 2.16. The van der Waals surface area contributed by atoms with Crippen molar-refractivity contribution >= 4 is 17.5 Å². The van der Waals surface area contributed by atoms with Crippen LogP contribution in [0.15, 0.2) is 61.2 Å². The number of ether oxygens (including phenoxy) is 1. The van der Waals surface area contributed by atoms with Crippen molar-refractivity contribution in [3.05, 3.63) is 83.6 Å². The molecule has 9 nitrogen and oxygen atoms in total. The summed E-state index contributed by atoms with van der Waals surface area (Å²) in [6, 6.07) is 11.5. The Morgan fingerprint density at radius 2 is 2.06 bits per heavy atom. The van der Waals surface area contributed by atoms with Crippen molar-refractivity contribution in [2.24, 2.45) is 0 Å². The third kappa shape index (κ3) is 4.42. The van der Waals surface area contributed by atoms with Gasteiger partial charge in [0.2, 0.25) is 0 Å². The van der Waals surface area contributed by atoms with Crippen molar-refractivity contribution in [3.63, 3.8) is 0 Å². The van der Waals surface area contributed by atoms with Gasteiger partial charge in [0.05, 0.1) is 42.4 Å². The summed E-state index contributed by atoms with van der Waals surface area (Å²) in [5, 5.41) is 10.3. The molecule has 1 fully saturated rings. The van der Waals surface area contributed by atoms with E-state index >= 15 is 0 Å². The average Bonchev–Trinajstić information content (AvgIpc) is 3.57. The highest BCUT2D eigenvalue weighted by atomic mass is 16.5. The lowest BCUT2D eigenvalue weighted by Gasteiger charge is -2.11. The predicted molar refractivity (Wildman–Crippen MR) is 126 cm³/mol. The van der Waals surface area contributed by atoms with Gasteiger partial charge < -0.3 is 15.4 Å². The highest BCUT2D eigenvalue weighted by Gasteiger charge is 2.25. The Bertz CT molecular complexity index is 1360. The van der Waals surface area contributed by atoms with Crippen molar-refractivity contribution in [3.8, 4) is 5.69 Å². The van der Waals surface area contributed by atoms with Gasteiger partial charge >= 0.3 is 0 Å². The van der Waals surface area contributed by atoms with Crippen molar-refractivity contribution < 1.29 is 14.3 Å². The molecule has 0 bridgehead atoms. The van der Waals surface area contributed by atoms with Crippen molar-refractivity contribution in [2.45, 2.75) is 39.0 Å². The first-order chi connectivity index (χ1) is 16.5. The van der Waals surface area contributed by atoms with Crippen LogP contribution in [0.1, 0.15) is 45.3 Å². The summed E-state index contributed by atoms with van der Waals surface area (Å²) in [7, 11) is 0. The third-order valence-corrected chi connectivity index (χ3v) is 5.90. The topological polar surface area (TPSA) is 103 Å². The van der Waals surface area contributed by atoms with E-state index in [4.69, 9.17) is 4.74 Å². The van der Waals surface area contributed by atoms with Crippen LogP contribution >= 0.6 is 0 Å². The number of amides is 2. The molecule has 174 valence electrons. The molecule has 0 spiro atoms. The monoisotopic (exact) mass is 458 g/mol. The lowest BCUT2D eigenvalue weighted by molar-refractivity contribution is 0.0917. The van der Waals surface area contributed by atoms with Gasteiger partial charge in [-0.1, -0.05) is 12.1 Å². The molecule has 1 aliphatic heterocycles. The summed E-state index contributed by atoms with van der Waals surface area (Å²) in [4.78, 5) is 30.1. The van der Waals surface area contributed by atoms with Crippen molar-refractivity contribution in [2.75, 3.05) is 6.61 Å². The molecule has 2 amide bonds. The van der Waals surface area contributed by atoms with E-state index in [2.05, 4.69) is 20.7 Å². The molecular formula is C25H26N6O3. The van der Waals surface area contributed by atoms with E-state index in [-0.39, 0.29) is 24.0 Å². The largest absolute Gasteiger partial charge is 0.376 e. The van der Waals surface area contributed by atoms with Crippen LogP contribution in [0.3, 0.4) is 0 Å². The third-order valence-electron chi connectivity index (χ3n) is 5.90. The van der Waals surface area contributed by atoms with Crippen LogP contribution in [0.25, 0.3) is 11.3 Å². The van der Waals surface area contributed by atoms with E-state index in [0.29, 0.717) is 30.1 Å². The second-order valence-electron chi connectivity index (χ2n) is 8.62. The van der Waals surface area contributed by atoms with Crippen molar-refractivity contribution in [1.82, 2.24) is 29.8 Å². The molecule has 4 heterocycles. The Morgan fingerprint density at radius 1 is 1.18 bits per heavy atom. The van der Waals surface area contributed by atoms with Gasteiger partial charge in [0.1, 0.15) is 11.3 Å². The molecule has 0 radical (unpaired) electrons. The maximum atomic E-state index is 12.9. The number of rotatable bonds is 6. The normalized spacial score (nSPS) is 17.7. The maximum absolute atomic E-state index is 12.9. The molecule has 4 aromatic rings. The molecule has 2 N–H and O–H groups in total. The van der Waals surface area contributed by atoms with E-state index in [1.807, 2.05) is 44.3 Å². The van der Waals surface area contributed by atoms with Crippen LogP contribution in [0.5, 0.6) is 0 Å². The summed E-state index contributed by atoms with van der Waals surface area (Å²) in [6.45, 7) is 4.83. The lowest BCUT2D eigenvalue weighted by atomic mass is 10.1. The SMILES string of the molecule is Cc1cccc(-n2cc(CNC(=O)c3cnc4c(C(=O)N[C@@H]5COC(C)C5)cccn34)cn2)c1. The quantitative estimate of drug-likeness (QED) is 0.463. The Balaban J connectivity index is 1.28. The first-order valence-corrected chi connectivity index (χ1v) is 11.3. The van der Waals surface area contributed by atoms with Gasteiger partial charge in [-0.2, -0.15) is 5.10 Å². The number of hydrogen-bond donors (Lipinski definition) is 2. The number of nitrogens with zero attached hydrogens (tertiary/aromatic N) is 4. The lowest BCUT2D eigenvalue weighted by Crippen LogP contribution is -2.35. The number of carbonyl (C=O) groups excluding carboxylic acids is 2. The van der Waals surface area contributed by atoms with Gasteiger partial charge in [-0.3, -0.25) is 14.0 Å². The number of fused-ring (bicyclic) bond motifs is 1. The molecule has 34 heavy (non-hydrogen) atoms. The molecule has 2 atom stereocenters. The maximum Gasteiger partial charge on any atom is 0.270 e. The molecule has 1 unspecified atom stereocenters. The molecule has 1 aromatic carbocycles. The van der Waals surface area contributed by atoms with E-state index in [1.165, 1.54) is 6.20 Å². The standard InChI is InChI=1S/C25H26N6O3/c1-16-5-3-6-20(9-16)31-14-18(12-28-31)11-27-25(33)22-13-26-23-21(7-4-8-30(22)23)24(32)29-19-10-17(2)34-15-19/h3-9,12-14,17,19H,10-11,15H2,1-2H3,(H,27,33)(H,29,32)/t17?,19-/m0/s1. The number of hydrogen-bond acceptors (Lipinski definition) is 5. The van der Waals surface area contributed by atoms with Gasteiger partial charge in [0.15, 0.2) is 0 Å². The zero-order chi connectivity index (χ0) is 23.7.